The summed E-state index contributed by atoms with van der Waals surface area (Å²) >= 11 is 8.48. The lowest BCUT2D eigenvalue weighted by Crippen LogP contribution is -1.99. The van der Waals surface area contributed by atoms with Gasteiger partial charge in [-0.25, -0.2) is 0 Å². The molecule has 150 valence electrons. The fraction of sp³-hybridized carbons (Fsp3) is 0.727. The molecule has 0 aromatic heterocycles. The van der Waals surface area contributed by atoms with E-state index in [1.54, 1.807) is 0 Å². The number of hydrogen-bond acceptors (Lipinski definition) is 4. The molecule has 0 N–H and O–H groups in total. The lowest BCUT2D eigenvalue weighted by atomic mass is 10.1. The van der Waals surface area contributed by atoms with Crippen LogP contribution in [0.1, 0.15) is 77.0 Å². The van der Waals surface area contributed by atoms with E-state index in [9.17, 15) is 0 Å². The van der Waals surface area contributed by atoms with Gasteiger partial charge in [0.25, 0.3) is 0 Å². The van der Waals surface area contributed by atoms with E-state index in [-0.39, 0.29) is 0 Å². The molecule has 1 rings (SSSR count). The predicted octanol–water partition coefficient (Wildman–Crippen LogP) is 6.99. The monoisotopic (exact) mass is 398 g/mol. The summed E-state index contributed by atoms with van der Waals surface area (Å²) in [6.45, 7) is 1.61. The summed E-state index contributed by atoms with van der Waals surface area (Å²) in [6, 6.07) is 8.05. The Kier molecular flexibility index (Phi) is 16.2. The Morgan fingerprint density at radius 2 is 0.769 bits per heavy atom. The van der Waals surface area contributed by atoms with Crippen LogP contribution in [0.3, 0.4) is 0 Å². The van der Waals surface area contributed by atoms with Gasteiger partial charge in [-0.3, -0.25) is 0 Å². The maximum atomic E-state index is 5.81. The average molecular weight is 399 g/mol. The van der Waals surface area contributed by atoms with E-state index in [1.807, 2.05) is 24.3 Å². The van der Waals surface area contributed by atoms with Gasteiger partial charge in [0.2, 0.25) is 0 Å². The van der Waals surface area contributed by atoms with Gasteiger partial charge < -0.3 is 9.47 Å². The number of ether oxygens (including phenoxy) is 2. The van der Waals surface area contributed by atoms with Crippen molar-refractivity contribution < 1.29 is 9.47 Å². The SMILES string of the molecule is SCCCCCCCCOc1ccc(OCCCCCCCCS)cc1. The lowest BCUT2D eigenvalue weighted by Gasteiger charge is -2.09. The molecule has 2 nitrogen and oxygen atoms in total. The Bertz CT molecular complexity index is 370. The lowest BCUT2D eigenvalue weighted by molar-refractivity contribution is 0.296. The van der Waals surface area contributed by atoms with Crippen molar-refractivity contribution in [1.82, 2.24) is 0 Å². The number of benzene rings is 1. The topological polar surface area (TPSA) is 18.5 Å². The molecule has 0 bridgehead atoms. The van der Waals surface area contributed by atoms with Crippen molar-refractivity contribution >= 4 is 25.3 Å². The molecule has 1 aromatic rings. The van der Waals surface area contributed by atoms with Gasteiger partial charge in [0.05, 0.1) is 13.2 Å². The van der Waals surface area contributed by atoms with Gasteiger partial charge in [-0.1, -0.05) is 51.4 Å². The van der Waals surface area contributed by atoms with E-state index in [2.05, 4.69) is 25.3 Å². The molecule has 0 aliphatic carbocycles. The second-order valence-electron chi connectivity index (χ2n) is 6.86. The maximum Gasteiger partial charge on any atom is 0.119 e. The Morgan fingerprint density at radius 1 is 0.462 bits per heavy atom. The first-order valence-corrected chi connectivity index (χ1v) is 11.7. The standard InChI is InChI=1S/C22H38O2S2/c25-19-11-7-3-1-5-9-17-23-21-13-15-22(16-14-21)24-18-10-6-2-4-8-12-20-26/h13-16,25-26H,1-12,17-20H2. The molecule has 26 heavy (non-hydrogen) atoms. The molecular weight excluding hydrogens is 360 g/mol. The summed E-state index contributed by atoms with van der Waals surface area (Å²) in [5, 5.41) is 0. The van der Waals surface area contributed by atoms with Crippen LogP contribution in [-0.2, 0) is 0 Å². The van der Waals surface area contributed by atoms with E-state index >= 15 is 0 Å². The van der Waals surface area contributed by atoms with Gasteiger partial charge in [-0.15, -0.1) is 0 Å². The molecule has 0 saturated carbocycles. The van der Waals surface area contributed by atoms with Crippen LogP contribution in [0.2, 0.25) is 0 Å². The molecule has 0 unspecified atom stereocenters. The number of thiol groups is 2. The maximum absolute atomic E-state index is 5.81. The van der Waals surface area contributed by atoms with Gasteiger partial charge in [0.15, 0.2) is 0 Å². The van der Waals surface area contributed by atoms with Crippen LogP contribution in [0, 0.1) is 0 Å². The molecule has 0 spiro atoms. The minimum absolute atomic E-state index is 0.806. The summed E-state index contributed by atoms with van der Waals surface area (Å²) in [5.41, 5.74) is 0. The van der Waals surface area contributed by atoms with Crippen molar-refractivity contribution in [3.63, 3.8) is 0 Å². The Balaban J connectivity index is 1.98. The first kappa shape index (κ1) is 23.6. The molecule has 4 heteroatoms. The highest BCUT2D eigenvalue weighted by atomic mass is 32.1. The third-order valence-electron chi connectivity index (χ3n) is 4.47. The number of unbranched alkanes of at least 4 members (excludes halogenated alkanes) is 10. The molecule has 0 fully saturated rings. The predicted molar refractivity (Wildman–Crippen MR) is 121 cm³/mol. The van der Waals surface area contributed by atoms with E-state index in [0.717, 1.165) is 49.1 Å². The Hall–Kier alpha value is -0.480. The van der Waals surface area contributed by atoms with Crippen LogP contribution in [0.25, 0.3) is 0 Å². The Labute approximate surface area is 172 Å². The van der Waals surface area contributed by atoms with Crippen LogP contribution >= 0.6 is 25.3 Å². The minimum atomic E-state index is 0.806. The van der Waals surface area contributed by atoms with Crippen molar-refractivity contribution in [2.75, 3.05) is 24.7 Å². The fourth-order valence-electron chi connectivity index (χ4n) is 2.85. The van der Waals surface area contributed by atoms with Crippen LogP contribution in [0.4, 0.5) is 0 Å². The highest BCUT2D eigenvalue weighted by Crippen LogP contribution is 2.18. The average Bonchev–Trinajstić information content (AvgIpc) is 2.67. The summed E-state index contributed by atoms with van der Waals surface area (Å²) in [4.78, 5) is 0. The third-order valence-corrected chi connectivity index (χ3v) is 5.10. The highest BCUT2D eigenvalue weighted by Gasteiger charge is 1.98. The van der Waals surface area contributed by atoms with Crippen molar-refractivity contribution in [3.05, 3.63) is 24.3 Å². The zero-order chi connectivity index (χ0) is 18.7. The molecule has 0 radical (unpaired) electrons. The van der Waals surface area contributed by atoms with E-state index in [4.69, 9.17) is 9.47 Å². The first-order valence-electron chi connectivity index (χ1n) is 10.4. The molecule has 0 amide bonds. The second-order valence-corrected chi connectivity index (χ2v) is 7.75. The smallest absolute Gasteiger partial charge is 0.119 e. The molecule has 0 aliphatic heterocycles. The van der Waals surface area contributed by atoms with Crippen molar-refractivity contribution in [2.45, 2.75) is 77.0 Å². The van der Waals surface area contributed by atoms with Crippen LogP contribution in [-0.4, -0.2) is 24.7 Å². The van der Waals surface area contributed by atoms with Gasteiger partial charge in [-0.05, 0) is 61.5 Å². The zero-order valence-electron chi connectivity index (χ0n) is 16.3. The molecule has 0 aliphatic rings. The molecule has 0 saturated heterocycles. The molecule has 0 atom stereocenters. The Morgan fingerprint density at radius 3 is 1.12 bits per heavy atom. The van der Waals surface area contributed by atoms with Gasteiger partial charge in [-0.2, -0.15) is 25.3 Å². The largest absolute Gasteiger partial charge is 0.494 e. The van der Waals surface area contributed by atoms with Crippen molar-refractivity contribution in [2.24, 2.45) is 0 Å². The first-order chi connectivity index (χ1) is 12.9. The number of hydrogen-bond donors (Lipinski definition) is 2. The second kappa shape index (κ2) is 17.9. The van der Waals surface area contributed by atoms with Crippen molar-refractivity contribution in [3.8, 4) is 11.5 Å². The summed E-state index contributed by atoms with van der Waals surface area (Å²) < 4.78 is 11.6. The van der Waals surface area contributed by atoms with Crippen molar-refractivity contribution in [1.29, 1.82) is 0 Å². The zero-order valence-corrected chi connectivity index (χ0v) is 18.1. The van der Waals surface area contributed by atoms with Crippen LogP contribution in [0.15, 0.2) is 24.3 Å². The van der Waals surface area contributed by atoms with E-state index in [0.29, 0.717) is 0 Å². The normalized spacial score (nSPS) is 10.8. The summed E-state index contributed by atoms with van der Waals surface area (Å²) in [5.74, 6) is 3.91. The quantitative estimate of drug-likeness (QED) is 0.205. The van der Waals surface area contributed by atoms with E-state index < -0.39 is 0 Å². The van der Waals surface area contributed by atoms with Gasteiger partial charge in [0.1, 0.15) is 11.5 Å². The highest BCUT2D eigenvalue weighted by molar-refractivity contribution is 7.80. The number of rotatable bonds is 18. The van der Waals surface area contributed by atoms with Crippen LogP contribution < -0.4 is 9.47 Å². The van der Waals surface area contributed by atoms with Gasteiger partial charge >= 0.3 is 0 Å². The summed E-state index contributed by atoms with van der Waals surface area (Å²) in [7, 11) is 0. The fourth-order valence-corrected chi connectivity index (χ4v) is 3.30. The molecule has 0 heterocycles. The molecule has 1 aromatic carbocycles. The van der Waals surface area contributed by atoms with E-state index in [1.165, 1.54) is 64.2 Å². The molecular formula is C22H38O2S2. The van der Waals surface area contributed by atoms with Crippen LogP contribution in [0.5, 0.6) is 11.5 Å². The third kappa shape index (κ3) is 13.7. The van der Waals surface area contributed by atoms with Gasteiger partial charge in [0, 0.05) is 0 Å². The minimum Gasteiger partial charge on any atom is -0.494 e. The summed E-state index contributed by atoms with van der Waals surface area (Å²) in [6.07, 6.45) is 15.1.